The van der Waals surface area contributed by atoms with Crippen molar-refractivity contribution in [3.8, 4) is 0 Å². The van der Waals surface area contributed by atoms with Crippen LogP contribution in [0.5, 0.6) is 0 Å². The van der Waals surface area contributed by atoms with E-state index in [9.17, 15) is 22.8 Å². The zero-order valence-electron chi connectivity index (χ0n) is 16.8. The summed E-state index contributed by atoms with van der Waals surface area (Å²) in [5.41, 5.74) is 1.66. The summed E-state index contributed by atoms with van der Waals surface area (Å²) in [6, 6.07) is 10.2. The number of hydrogen-bond donors (Lipinski definition) is 3. The molecule has 10 heteroatoms. The van der Waals surface area contributed by atoms with Crippen LogP contribution >= 0.6 is 0 Å². The van der Waals surface area contributed by atoms with E-state index in [-0.39, 0.29) is 10.5 Å². The standard InChI is InChI=1S/C20H23N3O6S/c1-4-21-20(26)22-18(24)12-29-19(25)15-9-8-14(3)17(11-15)30(27,28)23-16-7-5-6-13(2)10-16/h5-11,23H,4,12H2,1-3H3,(H2,21,22,24,26). The van der Waals surface area contributed by atoms with Crippen molar-refractivity contribution in [2.75, 3.05) is 17.9 Å². The number of sulfonamides is 1. The molecule has 0 aromatic heterocycles. The van der Waals surface area contributed by atoms with E-state index in [1.165, 1.54) is 18.2 Å². The number of nitrogens with one attached hydrogen (secondary N) is 3. The molecule has 2 rings (SSSR count). The third kappa shape index (κ3) is 6.31. The highest BCUT2D eigenvalue weighted by molar-refractivity contribution is 7.92. The first-order valence-corrected chi connectivity index (χ1v) is 10.6. The number of carbonyl (C=O) groups is 3. The topological polar surface area (TPSA) is 131 Å². The highest BCUT2D eigenvalue weighted by Gasteiger charge is 2.20. The number of urea groups is 1. The van der Waals surface area contributed by atoms with Crippen LogP contribution in [0.25, 0.3) is 0 Å². The molecular weight excluding hydrogens is 410 g/mol. The number of esters is 1. The van der Waals surface area contributed by atoms with E-state index in [0.29, 0.717) is 17.8 Å². The Kier molecular flexibility index (Phi) is 7.54. The van der Waals surface area contributed by atoms with Gasteiger partial charge < -0.3 is 10.1 Å². The second kappa shape index (κ2) is 9.88. The molecule has 3 amide bonds. The lowest BCUT2D eigenvalue weighted by Gasteiger charge is -2.12. The normalized spacial score (nSPS) is 10.8. The first-order chi connectivity index (χ1) is 14.1. The summed E-state index contributed by atoms with van der Waals surface area (Å²) in [6.07, 6.45) is 0. The van der Waals surface area contributed by atoms with Crippen LogP contribution in [0, 0.1) is 13.8 Å². The number of imide groups is 1. The van der Waals surface area contributed by atoms with E-state index in [4.69, 9.17) is 4.74 Å². The zero-order chi connectivity index (χ0) is 22.3. The average molecular weight is 433 g/mol. The lowest BCUT2D eigenvalue weighted by atomic mass is 10.1. The number of aryl methyl sites for hydroxylation is 2. The lowest BCUT2D eigenvalue weighted by Crippen LogP contribution is -2.41. The number of ether oxygens (including phenoxy) is 1. The van der Waals surface area contributed by atoms with Gasteiger partial charge in [-0.2, -0.15) is 0 Å². The summed E-state index contributed by atoms with van der Waals surface area (Å²) < 4.78 is 32.9. The first-order valence-electron chi connectivity index (χ1n) is 9.07. The molecule has 0 radical (unpaired) electrons. The molecular formula is C20H23N3O6S. The summed E-state index contributed by atoms with van der Waals surface area (Å²) in [7, 11) is -3.96. The molecule has 0 heterocycles. The molecule has 0 bridgehead atoms. The Labute approximate surface area is 174 Å². The molecule has 0 saturated heterocycles. The minimum Gasteiger partial charge on any atom is -0.452 e. The molecule has 9 nitrogen and oxygen atoms in total. The predicted octanol–water partition coefficient (Wildman–Crippen LogP) is 2.11. The van der Waals surface area contributed by atoms with Gasteiger partial charge in [0.1, 0.15) is 0 Å². The fraction of sp³-hybridized carbons (Fsp3) is 0.250. The number of rotatable bonds is 7. The fourth-order valence-electron chi connectivity index (χ4n) is 2.52. The Morgan fingerprint density at radius 1 is 1.03 bits per heavy atom. The zero-order valence-corrected chi connectivity index (χ0v) is 17.6. The smallest absolute Gasteiger partial charge is 0.338 e. The Morgan fingerprint density at radius 3 is 2.43 bits per heavy atom. The fourth-order valence-corrected chi connectivity index (χ4v) is 3.84. The van der Waals surface area contributed by atoms with Crippen molar-refractivity contribution in [3.63, 3.8) is 0 Å². The van der Waals surface area contributed by atoms with Crippen LogP contribution in [0.3, 0.4) is 0 Å². The second-order valence-electron chi connectivity index (χ2n) is 6.44. The molecule has 0 aliphatic rings. The van der Waals surface area contributed by atoms with Crippen LogP contribution in [0.15, 0.2) is 47.4 Å². The quantitative estimate of drug-likeness (QED) is 0.573. The summed E-state index contributed by atoms with van der Waals surface area (Å²) in [4.78, 5) is 35.0. The maximum Gasteiger partial charge on any atom is 0.338 e. The maximum atomic E-state index is 12.8. The molecule has 0 aliphatic heterocycles. The van der Waals surface area contributed by atoms with Gasteiger partial charge in [-0.1, -0.05) is 18.2 Å². The third-order valence-electron chi connectivity index (χ3n) is 3.91. The average Bonchev–Trinajstić information content (AvgIpc) is 2.66. The van der Waals surface area contributed by atoms with E-state index in [1.54, 1.807) is 32.0 Å². The van der Waals surface area contributed by atoms with Gasteiger partial charge in [0.25, 0.3) is 15.9 Å². The van der Waals surface area contributed by atoms with E-state index < -0.39 is 34.5 Å². The van der Waals surface area contributed by atoms with Crippen molar-refractivity contribution in [2.24, 2.45) is 0 Å². The lowest BCUT2D eigenvalue weighted by molar-refractivity contribution is -0.123. The maximum absolute atomic E-state index is 12.8. The molecule has 2 aromatic carbocycles. The summed E-state index contributed by atoms with van der Waals surface area (Å²) in [6.45, 7) is 4.76. The van der Waals surface area contributed by atoms with E-state index in [2.05, 4.69) is 10.0 Å². The molecule has 2 aromatic rings. The van der Waals surface area contributed by atoms with Crippen LogP contribution in [0.1, 0.15) is 28.4 Å². The summed E-state index contributed by atoms with van der Waals surface area (Å²) >= 11 is 0. The highest BCUT2D eigenvalue weighted by atomic mass is 32.2. The molecule has 160 valence electrons. The SMILES string of the molecule is CCNC(=O)NC(=O)COC(=O)c1ccc(C)c(S(=O)(=O)Nc2cccc(C)c2)c1. The summed E-state index contributed by atoms with van der Waals surface area (Å²) in [5, 5.41) is 4.36. The first kappa shape index (κ1) is 22.9. The van der Waals surface area contributed by atoms with Crippen molar-refractivity contribution in [2.45, 2.75) is 25.7 Å². The van der Waals surface area contributed by atoms with Crippen LogP contribution < -0.4 is 15.4 Å². The minimum atomic E-state index is -3.96. The molecule has 30 heavy (non-hydrogen) atoms. The van der Waals surface area contributed by atoms with Gasteiger partial charge in [0, 0.05) is 12.2 Å². The number of carbonyl (C=O) groups excluding carboxylic acids is 3. The largest absolute Gasteiger partial charge is 0.452 e. The van der Waals surface area contributed by atoms with Gasteiger partial charge in [-0.25, -0.2) is 18.0 Å². The van der Waals surface area contributed by atoms with Crippen LogP contribution in [0.2, 0.25) is 0 Å². The third-order valence-corrected chi connectivity index (χ3v) is 5.43. The van der Waals surface area contributed by atoms with Crippen molar-refractivity contribution >= 4 is 33.6 Å². The molecule has 0 aliphatic carbocycles. The van der Waals surface area contributed by atoms with Crippen LogP contribution in [0.4, 0.5) is 10.5 Å². The number of amides is 3. The molecule has 0 atom stereocenters. The molecule has 0 saturated carbocycles. The number of benzene rings is 2. The van der Waals surface area contributed by atoms with Gasteiger partial charge in [0.15, 0.2) is 6.61 Å². The molecule has 3 N–H and O–H groups in total. The predicted molar refractivity (Wildman–Crippen MR) is 111 cm³/mol. The number of anilines is 1. The van der Waals surface area contributed by atoms with E-state index >= 15 is 0 Å². The van der Waals surface area contributed by atoms with Crippen molar-refractivity contribution in [1.29, 1.82) is 0 Å². The molecule has 0 unspecified atom stereocenters. The summed E-state index contributed by atoms with van der Waals surface area (Å²) in [5.74, 6) is -1.71. The van der Waals surface area contributed by atoms with Gasteiger partial charge in [0.2, 0.25) is 0 Å². The monoisotopic (exact) mass is 433 g/mol. The van der Waals surface area contributed by atoms with Gasteiger partial charge in [-0.15, -0.1) is 0 Å². The van der Waals surface area contributed by atoms with Gasteiger partial charge in [-0.05, 0) is 56.2 Å². The van der Waals surface area contributed by atoms with Crippen LogP contribution in [-0.4, -0.2) is 39.5 Å². The molecule has 0 fully saturated rings. The number of hydrogen-bond acceptors (Lipinski definition) is 6. The Bertz CT molecular complexity index is 1070. The van der Waals surface area contributed by atoms with Crippen molar-refractivity contribution < 1.29 is 27.5 Å². The van der Waals surface area contributed by atoms with E-state index in [0.717, 1.165) is 5.56 Å². The van der Waals surface area contributed by atoms with E-state index in [1.807, 2.05) is 18.3 Å². The Hall–Kier alpha value is -3.40. The minimum absolute atomic E-state index is 0.0453. The van der Waals surface area contributed by atoms with Gasteiger partial charge >= 0.3 is 12.0 Å². The molecule has 0 spiro atoms. The van der Waals surface area contributed by atoms with Crippen molar-refractivity contribution in [1.82, 2.24) is 10.6 Å². The second-order valence-corrected chi connectivity index (χ2v) is 8.09. The van der Waals surface area contributed by atoms with Crippen molar-refractivity contribution in [3.05, 3.63) is 59.2 Å². The Morgan fingerprint density at radius 2 is 1.77 bits per heavy atom. The highest BCUT2D eigenvalue weighted by Crippen LogP contribution is 2.21. The van der Waals surface area contributed by atoms with Crippen LogP contribution in [-0.2, 0) is 19.6 Å². The Balaban J connectivity index is 2.13. The van der Waals surface area contributed by atoms with Gasteiger partial charge in [0.05, 0.1) is 10.5 Å². The van der Waals surface area contributed by atoms with Gasteiger partial charge in [-0.3, -0.25) is 14.8 Å².